The van der Waals surface area contributed by atoms with Gasteiger partial charge in [-0.1, -0.05) is 35.1 Å². The van der Waals surface area contributed by atoms with Gasteiger partial charge in [-0.25, -0.2) is 4.98 Å². The van der Waals surface area contributed by atoms with Crippen molar-refractivity contribution in [1.82, 2.24) is 10.3 Å². The molecule has 0 aliphatic rings. The number of amides is 1. The largest absolute Gasteiger partial charge is 0.497 e. The molecule has 2 N–H and O–H groups in total. The van der Waals surface area contributed by atoms with Gasteiger partial charge in [0.1, 0.15) is 16.4 Å². The van der Waals surface area contributed by atoms with E-state index in [9.17, 15) is 4.79 Å². The molecule has 0 unspecified atom stereocenters. The van der Waals surface area contributed by atoms with E-state index in [1.165, 1.54) is 11.3 Å². The fraction of sp³-hybridized carbons (Fsp3) is 0.238. The van der Waals surface area contributed by atoms with E-state index in [4.69, 9.17) is 21.1 Å². The molecule has 6 nitrogen and oxygen atoms in total. The van der Waals surface area contributed by atoms with Crippen molar-refractivity contribution in [3.05, 3.63) is 63.6 Å². The van der Waals surface area contributed by atoms with Crippen LogP contribution in [-0.4, -0.2) is 31.7 Å². The standard InChI is InChI=1S/C21H22ClN3O3S/c1-13-19(20(26)23-10-9-14-5-4-6-16(11-14)27-2)29-21(24-13)25-17-12-15(22)7-8-18(17)28-3/h4-8,11-12H,9-10H2,1-3H3,(H,23,26)(H,24,25). The average molecular weight is 432 g/mol. The Morgan fingerprint density at radius 3 is 2.76 bits per heavy atom. The van der Waals surface area contributed by atoms with E-state index in [0.29, 0.717) is 45.1 Å². The van der Waals surface area contributed by atoms with Gasteiger partial charge in [0.05, 0.1) is 25.6 Å². The third-order valence-corrected chi connectivity index (χ3v) is 5.55. The number of anilines is 2. The van der Waals surface area contributed by atoms with Gasteiger partial charge in [0.2, 0.25) is 0 Å². The number of rotatable bonds is 8. The molecule has 1 amide bonds. The molecule has 0 saturated carbocycles. The van der Waals surface area contributed by atoms with E-state index in [-0.39, 0.29) is 5.91 Å². The molecule has 29 heavy (non-hydrogen) atoms. The zero-order chi connectivity index (χ0) is 20.8. The summed E-state index contributed by atoms with van der Waals surface area (Å²) in [6.07, 6.45) is 0.714. The first-order chi connectivity index (χ1) is 14.0. The maximum Gasteiger partial charge on any atom is 0.263 e. The molecule has 0 aliphatic carbocycles. The van der Waals surface area contributed by atoms with Crippen molar-refractivity contribution in [2.24, 2.45) is 0 Å². The zero-order valence-electron chi connectivity index (χ0n) is 16.4. The van der Waals surface area contributed by atoms with Crippen molar-refractivity contribution in [3.63, 3.8) is 0 Å². The fourth-order valence-electron chi connectivity index (χ4n) is 2.78. The van der Waals surface area contributed by atoms with E-state index in [1.54, 1.807) is 32.4 Å². The summed E-state index contributed by atoms with van der Waals surface area (Å²) in [7, 11) is 3.22. The van der Waals surface area contributed by atoms with Crippen molar-refractivity contribution in [2.75, 3.05) is 26.1 Å². The van der Waals surface area contributed by atoms with Crippen LogP contribution in [0, 0.1) is 6.92 Å². The van der Waals surface area contributed by atoms with Crippen LogP contribution in [0.1, 0.15) is 20.9 Å². The molecule has 0 atom stereocenters. The van der Waals surface area contributed by atoms with Gasteiger partial charge in [-0.05, 0) is 49.2 Å². The molecule has 8 heteroatoms. The molecule has 0 fully saturated rings. The number of halogens is 1. The van der Waals surface area contributed by atoms with Crippen LogP contribution in [0.15, 0.2) is 42.5 Å². The Morgan fingerprint density at radius 2 is 2.00 bits per heavy atom. The number of nitrogens with one attached hydrogen (secondary N) is 2. The Kier molecular flexibility index (Phi) is 6.95. The number of methoxy groups -OCH3 is 2. The molecule has 1 aromatic heterocycles. The van der Waals surface area contributed by atoms with Crippen LogP contribution in [0.4, 0.5) is 10.8 Å². The second-order valence-corrected chi connectivity index (χ2v) is 7.70. The first kappa shape index (κ1) is 21.0. The number of nitrogens with zero attached hydrogens (tertiary/aromatic N) is 1. The van der Waals surface area contributed by atoms with E-state index >= 15 is 0 Å². The highest BCUT2D eigenvalue weighted by Crippen LogP contribution is 2.33. The molecule has 1 heterocycles. The number of benzene rings is 2. The Morgan fingerprint density at radius 1 is 1.17 bits per heavy atom. The minimum Gasteiger partial charge on any atom is -0.497 e. The highest BCUT2D eigenvalue weighted by molar-refractivity contribution is 7.17. The number of aromatic nitrogens is 1. The van der Waals surface area contributed by atoms with Gasteiger partial charge in [-0.2, -0.15) is 0 Å². The van der Waals surface area contributed by atoms with Crippen molar-refractivity contribution in [3.8, 4) is 11.5 Å². The summed E-state index contributed by atoms with van der Waals surface area (Å²) in [6, 6.07) is 13.1. The molecule has 2 aromatic carbocycles. The predicted molar refractivity (Wildman–Crippen MR) is 117 cm³/mol. The first-order valence-corrected chi connectivity index (χ1v) is 10.2. The minimum atomic E-state index is -0.144. The number of thiazole rings is 1. The lowest BCUT2D eigenvalue weighted by Crippen LogP contribution is -2.25. The summed E-state index contributed by atoms with van der Waals surface area (Å²) in [4.78, 5) is 17.6. The van der Waals surface area contributed by atoms with Gasteiger partial charge >= 0.3 is 0 Å². The summed E-state index contributed by atoms with van der Waals surface area (Å²) >= 11 is 7.36. The molecular weight excluding hydrogens is 410 g/mol. The second-order valence-electron chi connectivity index (χ2n) is 6.26. The maximum absolute atomic E-state index is 12.6. The van der Waals surface area contributed by atoms with Crippen LogP contribution in [0.25, 0.3) is 0 Å². The van der Waals surface area contributed by atoms with E-state index < -0.39 is 0 Å². The monoisotopic (exact) mass is 431 g/mol. The van der Waals surface area contributed by atoms with Gasteiger partial charge in [-0.15, -0.1) is 0 Å². The third-order valence-electron chi connectivity index (χ3n) is 4.24. The lowest BCUT2D eigenvalue weighted by molar-refractivity contribution is 0.0957. The van der Waals surface area contributed by atoms with Gasteiger partial charge in [0.15, 0.2) is 5.13 Å². The quantitative estimate of drug-likeness (QED) is 0.534. The zero-order valence-corrected chi connectivity index (χ0v) is 18.0. The summed E-state index contributed by atoms with van der Waals surface area (Å²) in [5.41, 5.74) is 2.46. The van der Waals surface area contributed by atoms with Crippen molar-refractivity contribution >= 4 is 39.7 Å². The third kappa shape index (κ3) is 5.40. The normalized spacial score (nSPS) is 10.5. The van der Waals surface area contributed by atoms with Crippen LogP contribution in [-0.2, 0) is 6.42 Å². The van der Waals surface area contributed by atoms with Crippen LogP contribution in [0.3, 0.4) is 0 Å². The van der Waals surface area contributed by atoms with E-state index in [0.717, 1.165) is 11.3 Å². The molecule has 0 bridgehead atoms. The second kappa shape index (κ2) is 9.62. The van der Waals surface area contributed by atoms with E-state index in [2.05, 4.69) is 15.6 Å². The van der Waals surface area contributed by atoms with Crippen molar-refractivity contribution in [1.29, 1.82) is 0 Å². The number of ether oxygens (including phenoxy) is 2. The number of carbonyl (C=O) groups excluding carboxylic acids is 1. The lowest BCUT2D eigenvalue weighted by Gasteiger charge is -2.09. The Balaban J connectivity index is 1.63. The summed E-state index contributed by atoms with van der Waals surface area (Å²) in [6.45, 7) is 2.34. The number of hydrogen-bond donors (Lipinski definition) is 2. The number of carbonyl (C=O) groups is 1. The Hall–Kier alpha value is -2.77. The molecule has 0 radical (unpaired) electrons. The SMILES string of the molecule is COc1cccc(CCNC(=O)c2sc(Nc3cc(Cl)ccc3OC)nc2C)c1. The molecule has 0 aliphatic heterocycles. The molecular formula is C21H22ClN3O3S. The van der Waals surface area contributed by atoms with Gasteiger partial charge in [0.25, 0.3) is 5.91 Å². The Bertz CT molecular complexity index is 1010. The van der Waals surface area contributed by atoms with Gasteiger partial charge in [0, 0.05) is 11.6 Å². The molecule has 3 aromatic rings. The molecule has 3 rings (SSSR count). The molecule has 152 valence electrons. The Labute approximate surface area is 178 Å². The fourth-order valence-corrected chi connectivity index (χ4v) is 3.85. The van der Waals surface area contributed by atoms with Crippen LogP contribution in [0.2, 0.25) is 5.02 Å². The highest BCUT2D eigenvalue weighted by Gasteiger charge is 2.16. The number of hydrogen-bond acceptors (Lipinski definition) is 6. The first-order valence-electron chi connectivity index (χ1n) is 8.99. The topological polar surface area (TPSA) is 72.5 Å². The average Bonchev–Trinajstić information content (AvgIpc) is 3.08. The smallest absolute Gasteiger partial charge is 0.263 e. The predicted octanol–water partition coefficient (Wildman–Crippen LogP) is 4.84. The summed E-state index contributed by atoms with van der Waals surface area (Å²) < 4.78 is 10.6. The summed E-state index contributed by atoms with van der Waals surface area (Å²) in [5, 5.41) is 7.31. The van der Waals surface area contributed by atoms with Crippen LogP contribution < -0.4 is 20.1 Å². The van der Waals surface area contributed by atoms with Gasteiger partial charge < -0.3 is 20.1 Å². The molecule has 0 spiro atoms. The highest BCUT2D eigenvalue weighted by atomic mass is 35.5. The van der Waals surface area contributed by atoms with Crippen molar-refractivity contribution < 1.29 is 14.3 Å². The van der Waals surface area contributed by atoms with Gasteiger partial charge in [-0.3, -0.25) is 4.79 Å². The lowest BCUT2D eigenvalue weighted by atomic mass is 10.1. The van der Waals surface area contributed by atoms with E-state index in [1.807, 2.05) is 31.2 Å². The maximum atomic E-state index is 12.6. The van der Waals surface area contributed by atoms with Crippen LogP contribution in [0.5, 0.6) is 11.5 Å². The number of aryl methyl sites for hydroxylation is 1. The van der Waals surface area contributed by atoms with Crippen molar-refractivity contribution in [2.45, 2.75) is 13.3 Å². The summed E-state index contributed by atoms with van der Waals surface area (Å²) in [5.74, 6) is 1.31. The van der Waals surface area contributed by atoms with Crippen LogP contribution >= 0.6 is 22.9 Å². The minimum absolute atomic E-state index is 0.144. The molecule has 0 saturated heterocycles.